The molecular weight excluding hydrogens is 498 g/mol. The minimum atomic E-state index is 0.0223. The largest absolute Gasteiger partial charge is 0.316 e. The van der Waals surface area contributed by atoms with Gasteiger partial charge in [0.05, 0.1) is 5.69 Å². The fourth-order valence-electron chi connectivity index (χ4n) is 7.96. The van der Waals surface area contributed by atoms with Crippen LogP contribution in [0.4, 0.5) is 22.9 Å². The number of hydrogen-bond acceptors (Lipinski definition) is 3. The van der Waals surface area contributed by atoms with E-state index in [1.807, 2.05) is 6.20 Å². The molecule has 0 N–H and O–H groups in total. The lowest BCUT2D eigenvalue weighted by atomic mass is 9.63. The van der Waals surface area contributed by atoms with E-state index in [1.165, 1.54) is 52.2 Å². The molecule has 2 aliphatic rings. The standard InChI is InChI=1S/C38H45N3/c1-6-15-27-21-23-28(24-22-27)31-25-26-39-36-35(31)40(29-17-11-10-12-18-29)37-38(5,9-4)33(16-7-2)30(8-3)32-19-13-14-20-34(32)41(36)37/h10-14,17-26,30,33,37H,6-9,15-16H2,1-5H3. The van der Waals surface area contributed by atoms with Crippen LogP contribution in [0.3, 0.4) is 0 Å². The van der Waals surface area contributed by atoms with Gasteiger partial charge in [0.25, 0.3) is 0 Å². The first kappa shape index (κ1) is 27.6. The summed E-state index contributed by atoms with van der Waals surface area (Å²) in [5, 5.41) is 0. The number of aromatic nitrogens is 1. The first-order valence-corrected chi connectivity index (χ1v) is 15.9. The van der Waals surface area contributed by atoms with Crippen molar-refractivity contribution in [1.29, 1.82) is 0 Å². The topological polar surface area (TPSA) is 19.4 Å². The van der Waals surface area contributed by atoms with E-state index in [2.05, 4.69) is 129 Å². The molecule has 4 aromatic rings. The van der Waals surface area contributed by atoms with Crippen molar-refractivity contribution >= 4 is 22.9 Å². The molecule has 3 heteroatoms. The summed E-state index contributed by atoms with van der Waals surface area (Å²) in [7, 11) is 0. The van der Waals surface area contributed by atoms with Crippen LogP contribution in [0.5, 0.6) is 0 Å². The van der Waals surface area contributed by atoms with Crippen molar-refractivity contribution in [3.8, 4) is 11.1 Å². The summed E-state index contributed by atoms with van der Waals surface area (Å²) in [5.74, 6) is 2.14. The van der Waals surface area contributed by atoms with Crippen LogP contribution in [0, 0.1) is 11.3 Å². The third-order valence-corrected chi connectivity index (χ3v) is 10.0. The Kier molecular flexibility index (Phi) is 7.64. The number of benzene rings is 3. The van der Waals surface area contributed by atoms with Crippen molar-refractivity contribution in [1.82, 2.24) is 4.98 Å². The SMILES string of the molecule is CCCc1ccc(-c2ccnc3c2N(c2ccccc2)C2N3c3ccccc3C(CC)C(CCC)C2(C)CC)cc1. The molecule has 1 aromatic heterocycles. The molecule has 2 aliphatic heterocycles. The number of fused-ring (bicyclic) bond motifs is 5. The molecule has 3 heterocycles. The van der Waals surface area contributed by atoms with Gasteiger partial charge in [0.15, 0.2) is 5.82 Å². The van der Waals surface area contributed by atoms with Gasteiger partial charge in [-0.05, 0) is 78.5 Å². The van der Waals surface area contributed by atoms with Crippen LogP contribution >= 0.6 is 0 Å². The molecule has 6 rings (SSSR count). The van der Waals surface area contributed by atoms with Gasteiger partial charge in [-0.25, -0.2) is 4.98 Å². The van der Waals surface area contributed by atoms with Crippen molar-refractivity contribution in [3.63, 3.8) is 0 Å². The number of nitrogens with zero attached hydrogens (tertiary/aromatic N) is 3. The molecule has 0 amide bonds. The lowest BCUT2D eigenvalue weighted by Crippen LogP contribution is -2.53. The Morgan fingerprint density at radius 1 is 0.780 bits per heavy atom. The highest BCUT2D eigenvalue weighted by Gasteiger charge is 2.56. The van der Waals surface area contributed by atoms with Gasteiger partial charge in [-0.3, -0.25) is 0 Å². The summed E-state index contributed by atoms with van der Waals surface area (Å²) in [6, 6.07) is 31.7. The van der Waals surface area contributed by atoms with Gasteiger partial charge in [0.2, 0.25) is 0 Å². The monoisotopic (exact) mass is 543 g/mol. The molecule has 0 saturated heterocycles. The smallest absolute Gasteiger partial charge is 0.159 e. The van der Waals surface area contributed by atoms with E-state index in [0.29, 0.717) is 11.8 Å². The molecule has 3 aromatic carbocycles. The molecule has 0 spiro atoms. The minimum Gasteiger partial charge on any atom is -0.316 e. The van der Waals surface area contributed by atoms with E-state index < -0.39 is 0 Å². The average Bonchev–Trinajstić information content (AvgIpc) is 3.34. The maximum absolute atomic E-state index is 5.20. The Hall–Kier alpha value is -3.59. The molecule has 3 nitrogen and oxygen atoms in total. The van der Waals surface area contributed by atoms with Crippen LogP contribution in [-0.4, -0.2) is 11.1 Å². The highest BCUT2D eigenvalue weighted by molar-refractivity contribution is 5.96. The van der Waals surface area contributed by atoms with Crippen LogP contribution < -0.4 is 9.80 Å². The van der Waals surface area contributed by atoms with E-state index in [9.17, 15) is 0 Å². The van der Waals surface area contributed by atoms with Crippen LogP contribution in [0.1, 0.15) is 83.8 Å². The Morgan fingerprint density at radius 3 is 2.20 bits per heavy atom. The first-order valence-electron chi connectivity index (χ1n) is 15.9. The van der Waals surface area contributed by atoms with Crippen LogP contribution in [0.15, 0.2) is 91.1 Å². The van der Waals surface area contributed by atoms with Gasteiger partial charge < -0.3 is 9.80 Å². The zero-order valence-corrected chi connectivity index (χ0v) is 25.5. The molecule has 0 bridgehead atoms. The second-order valence-corrected chi connectivity index (χ2v) is 12.3. The van der Waals surface area contributed by atoms with Crippen LogP contribution in [0.2, 0.25) is 0 Å². The minimum absolute atomic E-state index is 0.0223. The third-order valence-electron chi connectivity index (χ3n) is 10.0. The maximum Gasteiger partial charge on any atom is 0.159 e. The number of aryl methyl sites for hydroxylation is 1. The summed E-state index contributed by atoms with van der Waals surface area (Å²) in [6.45, 7) is 12.0. The lowest BCUT2D eigenvalue weighted by molar-refractivity contribution is 0.107. The summed E-state index contributed by atoms with van der Waals surface area (Å²) in [5.41, 5.74) is 9.20. The van der Waals surface area contributed by atoms with E-state index in [1.54, 1.807) is 0 Å². The maximum atomic E-state index is 5.20. The van der Waals surface area contributed by atoms with Crippen molar-refractivity contribution in [2.45, 2.75) is 85.2 Å². The van der Waals surface area contributed by atoms with Crippen LogP contribution in [0.25, 0.3) is 11.1 Å². The molecule has 4 unspecified atom stereocenters. The Labute approximate surface area is 247 Å². The van der Waals surface area contributed by atoms with Gasteiger partial charge >= 0.3 is 0 Å². The Balaban J connectivity index is 1.66. The van der Waals surface area contributed by atoms with Gasteiger partial charge in [0, 0.05) is 28.6 Å². The highest BCUT2D eigenvalue weighted by atomic mass is 15.5. The summed E-state index contributed by atoms with van der Waals surface area (Å²) < 4.78 is 0. The summed E-state index contributed by atoms with van der Waals surface area (Å²) in [4.78, 5) is 10.5. The molecule has 0 radical (unpaired) electrons. The van der Waals surface area contributed by atoms with Crippen molar-refractivity contribution in [2.75, 3.05) is 9.80 Å². The molecule has 4 atom stereocenters. The summed E-state index contributed by atoms with van der Waals surface area (Å²) in [6.07, 6.45) is 9.08. The highest BCUT2D eigenvalue weighted by Crippen LogP contribution is 2.62. The number of para-hydroxylation sites is 2. The van der Waals surface area contributed by atoms with Crippen molar-refractivity contribution < 1.29 is 0 Å². The first-order chi connectivity index (χ1) is 20.1. The number of anilines is 4. The van der Waals surface area contributed by atoms with Gasteiger partial charge in [-0.1, -0.05) is 108 Å². The number of hydrogen-bond donors (Lipinski definition) is 0. The van der Waals surface area contributed by atoms with Crippen molar-refractivity contribution in [2.24, 2.45) is 11.3 Å². The molecule has 0 saturated carbocycles. The fourth-order valence-corrected chi connectivity index (χ4v) is 7.96. The lowest BCUT2D eigenvalue weighted by Gasteiger charge is -2.48. The predicted molar refractivity (Wildman–Crippen MR) is 174 cm³/mol. The van der Waals surface area contributed by atoms with E-state index in [4.69, 9.17) is 4.98 Å². The second kappa shape index (κ2) is 11.4. The zero-order chi connectivity index (χ0) is 28.6. The number of rotatable bonds is 8. The molecule has 41 heavy (non-hydrogen) atoms. The van der Waals surface area contributed by atoms with Crippen LogP contribution in [-0.2, 0) is 6.42 Å². The van der Waals surface area contributed by atoms with E-state index >= 15 is 0 Å². The molecule has 0 fully saturated rings. The zero-order valence-electron chi connectivity index (χ0n) is 25.5. The van der Waals surface area contributed by atoms with Gasteiger partial charge in [0.1, 0.15) is 6.17 Å². The average molecular weight is 544 g/mol. The number of pyridine rings is 1. The quantitative estimate of drug-likeness (QED) is 0.220. The normalized spacial score (nSPS) is 23.1. The van der Waals surface area contributed by atoms with E-state index in [0.717, 1.165) is 31.5 Å². The molecule has 212 valence electrons. The van der Waals surface area contributed by atoms with Gasteiger partial charge in [-0.2, -0.15) is 0 Å². The van der Waals surface area contributed by atoms with Gasteiger partial charge in [-0.15, -0.1) is 0 Å². The van der Waals surface area contributed by atoms with Crippen molar-refractivity contribution in [3.05, 3.63) is 102 Å². The Morgan fingerprint density at radius 2 is 1.51 bits per heavy atom. The second-order valence-electron chi connectivity index (χ2n) is 12.3. The fraction of sp³-hybridized carbons (Fsp3) is 0.395. The molecule has 0 aliphatic carbocycles. The predicted octanol–water partition coefficient (Wildman–Crippen LogP) is 10.7. The third kappa shape index (κ3) is 4.45. The van der Waals surface area contributed by atoms with E-state index in [-0.39, 0.29) is 11.6 Å². The molecular formula is C38H45N3. The summed E-state index contributed by atoms with van der Waals surface area (Å²) >= 11 is 0. The Bertz CT molecular complexity index is 1480.